The van der Waals surface area contributed by atoms with Crippen molar-refractivity contribution in [1.29, 1.82) is 0 Å². The highest BCUT2D eigenvalue weighted by Crippen LogP contribution is 2.19. The molecule has 0 saturated carbocycles. The fourth-order valence-electron chi connectivity index (χ4n) is 0.235. The molecular weight excluding hydrogens is 289 g/mol. The number of hydrogen-bond acceptors (Lipinski definition) is 2. The summed E-state index contributed by atoms with van der Waals surface area (Å²) in [6, 6.07) is 0. The Morgan fingerprint density at radius 1 is 1.86 bits per heavy atom. The van der Waals surface area contributed by atoms with Crippen LogP contribution in [0.15, 0.2) is 10.1 Å². The van der Waals surface area contributed by atoms with Gasteiger partial charge in [-0.25, -0.2) is 4.98 Å². The first-order chi connectivity index (χ1) is 3.29. The van der Waals surface area contributed by atoms with E-state index in [4.69, 9.17) is 0 Å². The fraction of sp³-hybridized carbons (Fsp3) is 0. The lowest BCUT2D eigenvalue weighted by Gasteiger charge is -1.64. The predicted molar refractivity (Wildman–Crippen MR) is 42.5 cm³/mol. The molecule has 0 aromatic carbocycles. The van der Waals surface area contributed by atoms with E-state index in [2.05, 4.69) is 43.5 Å². The van der Waals surface area contributed by atoms with E-state index in [1.54, 1.807) is 11.3 Å². The third kappa shape index (κ3) is 1.65. The quantitative estimate of drug-likeness (QED) is 0.669. The van der Waals surface area contributed by atoms with Gasteiger partial charge in [0.25, 0.3) is 0 Å². The number of thiazole rings is 1. The monoisotopic (exact) mass is 289 g/mol. The SMILES string of the molecule is Brc1ncc(I)s1. The fourth-order valence-corrected chi connectivity index (χ4v) is 2.90. The van der Waals surface area contributed by atoms with Gasteiger partial charge in [0, 0.05) is 0 Å². The van der Waals surface area contributed by atoms with Crippen LogP contribution < -0.4 is 0 Å². The Balaban J connectivity index is 3.04. The van der Waals surface area contributed by atoms with Crippen molar-refractivity contribution in [3.63, 3.8) is 0 Å². The lowest BCUT2D eigenvalue weighted by molar-refractivity contribution is 1.37. The molecule has 0 fully saturated rings. The van der Waals surface area contributed by atoms with Crippen LogP contribution in [0.4, 0.5) is 0 Å². The molecule has 7 heavy (non-hydrogen) atoms. The summed E-state index contributed by atoms with van der Waals surface area (Å²) in [7, 11) is 0. The first-order valence-corrected chi connectivity index (χ1v) is 4.24. The van der Waals surface area contributed by atoms with E-state index in [0.29, 0.717) is 0 Å². The Morgan fingerprint density at radius 2 is 2.57 bits per heavy atom. The number of halogens is 2. The number of hydrogen-bond donors (Lipinski definition) is 0. The molecule has 1 nitrogen and oxygen atoms in total. The zero-order valence-electron chi connectivity index (χ0n) is 3.19. The summed E-state index contributed by atoms with van der Waals surface area (Å²) in [6.07, 6.45) is 1.83. The van der Waals surface area contributed by atoms with E-state index in [-0.39, 0.29) is 0 Å². The van der Waals surface area contributed by atoms with E-state index in [0.717, 1.165) is 3.92 Å². The second-order valence-electron chi connectivity index (χ2n) is 0.917. The summed E-state index contributed by atoms with van der Waals surface area (Å²) < 4.78 is 2.17. The smallest absolute Gasteiger partial charge is 0.160 e. The largest absolute Gasteiger partial charge is 0.236 e. The van der Waals surface area contributed by atoms with Gasteiger partial charge in [-0.2, -0.15) is 0 Å². The van der Waals surface area contributed by atoms with Crippen LogP contribution in [0.25, 0.3) is 0 Å². The summed E-state index contributed by atoms with van der Waals surface area (Å²) in [5.41, 5.74) is 0. The van der Waals surface area contributed by atoms with E-state index in [1.165, 1.54) is 2.88 Å². The summed E-state index contributed by atoms with van der Waals surface area (Å²) in [5.74, 6) is 0. The van der Waals surface area contributed by atoms with Gasteiger partial charge in [0.05, 0.1) is 9.08 Å². The van der Waals surface area contributed by atoms with E-state index in [9.17, 15) is 0 Å². The van der Waals surface area contributed by atoms with Crippen LogP contribution in [0.1, 0.15) is 0 Å². The van der Waals surface area contributed by atoms with Crippen molar-refractivity contribution < 1.29 is 0 Å². The summed E-state index contributed by atoms with van der Waals surface area (Å²) >= 11 is 7.10. The minimum Gasteiger partial charge on any atom is -0.236 e. The molecule has 1 aromatic rings. The molecule has 0 atom stereocenters. The average molecular weight is 290 g/mol. The highest BCUT2D eigenvalue weighted by atomic mass is 127. The molecule has 0 radical (unpaired) electrons. The van der Waals surface area contributed by atoms with Crippen molar-refractivity contribution in [3.05, 3.63) is 13.0 Å². The molecule has 0 amide bonds. The Kier molecular flexibility index (Phi) is 2.05. The summed E-state index contributed by atoms with van der Waals surface area (Å²) in [5, 5.41) is 0. The van der Waals surface area contributed by atoms with E-state index in [1.807, 2.05) is 6.20 Å². The zero-order valence-corrected chi connectivity index (χ0v) is 7.75. The van der Waals surface area contributed by atoms with Crippen molar-refractivity contribution in [1.82, 2.24) is 4.98 Å². The Labute approximate surface area is 67.4 Å². The third-order valence-electron chi connectivity index (χ3n) is 0.449. The zero-order chi connectivity index (χ0) is 5.28. The van der Waals surface area contributed by atoms with Gasteiger partial charge in [-0.3, -0.25) is 0 Å². The predicted octanol–water partition coefficient (Wildman–Crippen LogP) is 2.51. The molecule has 1 rings (SSSR count). The Morgan fingerprint density at radius 3 is 2.71 bits per heavy atom. The Hall–Kier alpha value is 0.840. The molecule has 1 aromatic heterocycles. The van der Waals surface area contributed by atoms with Crippen molar-refractivity contribution >= 4 is 49.9 Å². The van der Waals surface area contributed by atoms with Crippen molar-refractivity contribution in [3.8, 4) is 0 Å². The second kappa shape index (κ2) is 2.41. The molecule has 0 unspecified atom stereocenters. The molecule has 0 aliphatic heterocycles. The maximum absolute atomic E-state index is 3.94. The normalized spacial score (nSPS) is 9.43. The molecule has 0 saturated heterocycles. The molecule has 38 valence electrons. The van der Waals surface area contributed by atoms with Crippen LogP contribution >= 0.6 is 49.9 Å². The highest BCUT2D eigenvalue weighted by molar-refractivity contribution is 14.1. The first kappa shape index (κ1) is 5.97. The van der Waals surface area contributed by atoms with E-state index >= 15 is 0 Å². The lowest BCUT2D eigenvalue weighted by Crippen LogP contribution is -1.50. The maximum Gasteiger partial charge on any atom is 0.160 e. The third-order valence-corrected chi connectivity index (χ3v) is 2.65. The molecule has 0 bridgehead atoms. The minimum absolute atomic E-state index is 0.955. The molecular formula is C3HBrINS. The molecule has 0 aliphatic rings. The van der Waals surface area contributed by atoms with Crippen molar-refractivity contribution in [2.24, 2.45) is 0 Å². The molecule has 0 aliphatic carbocycles. The van der Waals surface area contributed by atoms with Crippen LogP contribution in [-0.2, 0) is 0 Å². The maximum atomic E-state index is 3.94. The van der Waals surface area contributed by atoms with E-state index < -0.39 is 0 Å². The number of nitrogens with zero attached hydrogens (tertiary/aromatic N) is 1. The van der Waals surface area contributed by atoms with Gasteiger partial charge >= 0.3 is 0 Å². The van der Waals surface area contributed by atoms with Gasteiger partial charge in [-0.05, 0) is 38.5 Å². The van der Waals surface area contributed by atoms with Gasteiger partial charge in [-0.1, -0.05) is 0 Å². The Bertz CT molecular complexity index is 147. The first-order valence-electron chi connectivity index (χ1n) is 1.56. The molecule has 1 heterocycles. The van der Waals surface area contributed by atoms with Gasteiger partial charge in [-0.15, -0.1) is 11.3 Å². The van der Waals surface area contributed by atoms with Crippen LogP contribution in [-0.4, -0.2) is 4.98 Å². The van der Waals surface area contributed by atoms with Gasteiger partial charge < -0.3 is 0 Å². The van der Waals surface area contributed by atoms with Crippen LogP contribution in [0.2, 0.25) is 0 Å². The molecule has 0 N–H and O–H groups in total. The summed E-state index contributed by atoms with van der Waals surface area (Å²) in [4.78, 5) is 3.94. The van der Waals surface area contributed by atoms with Crippen LogP contribution in [0.3, 0.4) is 0 Å². The standard InChI is InChI=1S/C3HBrINS/c4-3-6-1-2(5)7-3/h1H. The van der Waals surface area contributed by atoms with Gasteiger partial charge in [0.2, 0.25) is 0 Å². The van der Waals surface area contributed by atoms with Crippen LogP contribution in [0.5, 0.6) is 0 Å². The van der Waals surface area contributed by atoms with Crippen molar-refractivity contribution in [2.45, 2.75) is 0 Å². The molecule has 4 heteroatoms. The average Bonchev–Trinajstić information content (AvgIpc) is 1.87. The molecule has 0 spiro atoms. The number of rotatable bonds is 0. The minimum atomic E-state index is 0.955. The second-order valence-corrected chi connectivity index (χ2v) is 5.12. The summed E-state index contributed by atoms with van der Waals surface area (Å²) in [6.45, 7) is 0. The number of aromatic nitrogens is 1. The topological polar surface area (TPSA) is 12.9 Å². The van der Waals surface area contributed by atoms with Crippen LogP contribution in [0, 0.1) is 2.88 Å². The lowest BCUT2D eigenvalue weighted by atomic mass is 11.0. The van der Waals surface area contributed by atoms with Gasteiger partial charge in [0.1, 0.15) is 0 Å². The highest BCUT2D eigenvalue weighted by Gasteiger charge is 1.89. The van der Waals surface area contributed by atoms with Gasteiger partial charge in [0.15, 0.2) is 3.92 Å². The van der Waals surface area contributed by atoms with Crippen molar-refractivity contribution in [2.75, 3.05) is 0 Å².